The molecule has 11 aromatic carbocycles. The zero-order valence-corrected chi connectivity index (χ0v) is 37.3. The number of anilines is 3. The summed E-state index contributed by atoms with van der Waals surface area (Å²) in [6.07, 6.45) is 0. The predicted octanol–water partition coefficient (Wildman–Crippen LogP) is 17.8. The summed E-state index contributed by atoms with van der Waals surface area (Å²) in [7, 11) is 0. The van der Waals surface area contributed by atoms with Crippen molar-refractivity contribution in [3.63, 3.8) is 0 Å². The maximum Gasteiger partial charge on any atom is 0.159 e. The lowest BCUT2D eigenvalue weighted by atomic mass is 9.62. The molecule has 4 heteroatoms. The van der Waals surface area contributed by atoms with Crippen LogP contribution >= 0.6 is 0 Å². The van der Waals surface area contributed by atoms with E-state index in [1.54, 1.807) is 0 Å². The molecule has 1 aromatic heterocycles. The van der Waals surface area contributed by atoms with Crippen molar-refractivity contribution in [1.29, 1.82) is 0 Å². The van der Waals surface area contributed by atoms with Gasteiger partial charge in [-0.15, -0.1) is 0 Å². The summed E-state index contributed by atoms with van der Waals surface area (Å²) >= 11 is 0. The molecule has 14 rings (SSSR count). The SMILES string of the molecule is c1ccc(-c2ccccc2-c2ccc(N(c3ccc(-c4ccc5c(c4)Oc4ccccc4C54c5ccccc5Oc5ccccc54)cc3)c3cccc4c3oc3c5ccccc5ccc43)cc2)cc1. The van der Waals surface area contributed by atoms with Crippen molar-refractivity contribution in [1.82, 2.24) is 0 Å². The number of benzene rings is 11. The van der Waals surface area contributed by atoms with Gasteiger partial charge in [-0.3, -0.25) is 0 Å². The fourth-order valence-electron chi connectivity index (χ4n) is 11.1. The molecule has 4 nitrogen and oxygen atoms in total. The Kier molecular flexibility index (Phi) is 8.77. The molecule has 69 heavy (non-hydrogen) atoms. The van der Waals surface area contributed by atoms with Gasteiger partial charge in [0.25, 0.3) is 0 Å². The van der Waals surface area contributed by atoms with E-state index in [-0.39, 0.29) is 0 Å². The second kappa shape index (κ2) is 15.5. The van der Waals surface area contributed by atoms with Gasteiger partial charge in [0.05, 0.1) is 11.1 Å². The third kappa shape index (κ3) is 6.02. The first kappa shape index (κ1) is 39.1. The highest BCUT2D eigenvalue weighted by molar-refractivity contribution is 6.17. The molecular weight excluding hydrogens is 843 g/mol. The predicted molar refractivity (Wildman–Crippen MR) is 281 cm³/mol. The molecule has 12 aromatic rings. The Hall–Kier alpha value is -9.12. The first-order chi connectivity index (χ1) is 34.2. The summed E-state index contributed by atoms with van der Waals surface area (Å²) in [5, 5.41) is 4.42. The molecule has 1 spiro atoms. The lowest BCUT2D eigenvalue weighted by Gasteiger charge is -2.44. The summed E-state index contributed by atoms with van der Waals surface area (Å²) in [6.45, 7) is 0. The molecule has 3 heterocycles. The standard InChI is InChI=1S/C65H41NO3/c1-2-15-43(16-3-1)49-18-6-7-19-50(49)45-31-37-48(38-32-45)66(58-25-14-21-52-53-39-33-44-17-4-5-20-51(44)63(53)69-64(52)58)47-35-29-42(30-36-47)46-34-40-57-62(41-46)68-61-28-13-10-24-56(61)65(57)54-22-8-11-26-59(54)67-60-27-12-9-23-55(60)65/h1-41H. The van der Waals surface area contributed by atoms with Crippen molar-refractivity contribution < 1.29 is 13.9 Å². The Morgan fingerprint density at radius 3 is 1.46 bits per heavy atom. The maximum absolute atomic E-state index is 6.98. The molecule has 0 N–H and O–H groups in total. The number of rotatable bonds is 6. The average molecular weight is 884 g/mol. The van der Waals surface area contributed by atoms with Crippen LogP contribution in [0.1, 0.15) is 22.3 Å². The number of ether oxygens (including phenoxy) is 2. The normalized spacial score (nSPS) is 13.0. The van der Waals surface area contributed by atoms with Gasteiger partial charge in [-0.25, -0.2) is 0 Å². The van der Waals surface area contributed by atoms with Crippen molar-refractivity contribution >= 4 is 49.8 Å². The van der Waals surface area contributed by atoms with E-state index in [0.717, 1.165) is 112 Å². The van der Waals surface area contributed by atoms with Crippen LogP contribution in [-0.4, -0.2) is 0 Å². The minimum atomic E-state index is -0.637. The van der Waals surface area contributed by atoms with E-state index in [1.807, 2.05) is 18.2 Å². The van der Waals surface area contributed by atoms with Gasteiger partial charge in [0.2, 0.25) is 0 Å². The monoisotopic (exact) mass is 883 g/mol. The first-order valence-corrected chi connectivity index (χ1v) is 23.5. The van der Waals surface area contributed by atoms with E-state index < -0.39 is 5.41 Å². The topological polar surface area (TPSA) is 34.8 Å². The van der Waals surface area contributed by atoms with Crippen LogP contribution in [0, 0.1) is 0 Å². The Labute approximate surface area is 399 Å². The number of para-hydroxylation sites is 4. The van der Waals surface area contributed by atoms with Crippen molar-refractivity contribution in [2.24, 2.45) is 0 Å². The zero-order chi connectivity index (χ0) is 45.5. The number of nitrogens with zero attached hydrogens (tertiary/aromatic N) is 1. The maximum atomic E-state index is 6.98. The first-order valence-electron chi connectivity index (χ1n) is 23.5. The van der Waals surface area contributed by atoms with E-state index in [0.29, 0.717) is 0 Å². The number of hydrogen-bond donors (Lipinski definition) is 0. The van der Waals surface area contributed by atoms with Gasteiger partial charge < -0.3 is 18.8 Å². The number of fused-ring (bicyclic) bond motifs is 13. The molecule has 0 radical (unpaired) electrons. The highest BCUT2D eigenvalue weighted by Gasteiger charge is 2.50. The molecule has 0 amide bonds. The van der Waals surface area contributed by atoms with Gasteiger partial charge in [0.1, 0.15) is 28.6 Å². The summed E-state index contributed by atoms with van der Waals surface area (Å²) < 4.78 is 20.4. The van der Waals surface area contributed by atoms with E-state index in [4.69, 9.17) is 13.9 Å². The van der Waals surface area contributed by atoms with Gasteiger partial charge in [-0.05, 0) is 99.4 Å². The molecule has 0 unspecified atom stereocenters. The molecule has 2 aliphatic rings. The summed E-state index contributed by atoms with van der Waals surface area (Å²) in [5.74, 6) is 3.35. The molecule has 0 saturated carbocycles. The second-order valence-electron chi connectivity index (χ2n) is 17.9. The van der Waals surface area contributed by atoms with Gasteiger partial charge in [-0.1, -0.05) is 188 Å². The minimum absolute atomic E-state index is 0.637. The van der Waals surface area contributed by atoms with Crippen LogP contribution in [0.5, 0.6) is 23.0 Å². The third-order valence-corrected chi connectivity index (χ3v) is 14.2. The number of hydrogen-bond acceptors (Lipinski definition) is 4. The number of furan rings is 1. The molecule has 0 aliphatic carbocycles. The molecule has 0 saturated heterocycles. The van der Waals surface area contributed by atoms with Crippen LogP contribution in [0.15, 0.2) is 253 Å². The van der Waals surface area contributed by atoms with Crippen molar-refractivity contribution in [3.05, 3.63) is 271 Å². The van der Waals surface area contributed by atoms with Gasteiger partial charge in [-0.2, -0.15) is 0 Å². The zero-order valence-electron chi connectivity index (χ0n) is 37.3. The van der Waals surface area contributed by atoms with Crippen molar-refractivity contribution in [2.75, 3.05) is 4.90 Å². The van der Waals surface area contributed by atoms with Crippen LogP contribution in [0.3, 0.4) is 0 Å². The summed E-state index contributed by atoms with van der Waals surface area (Å²) in [4.78, 5) is 2.32. The van der Waals surface area contributed by atoms with E-state index in [1.165, 1.54) is 16.7 Å². The molecule has 324 valence electrons. The molecule has 0 fully saturated rings. The molecular formula is C65H41NO3. The Morgan fingerprint density at radius 2 is 0.797 bits per heavy atom. The van der Waals surface area contributed by atoms with Crippen LogP contribution in [-0.2, 0) is 5.41 Å². The molecule has 2 aliphatic heterocycles. The fourth-order valence-corrected chi connectivity index (χ4v) is 11.1. The summed E-state index contributed by atoms with van der Waals surface area (Å²) in [5.41, 5.74) is 15.3. The molecule has 0 atom stereocenters. The third-order valence-electron chi connectivity index (χ3n) is 14.2. The van der Waals surface area contributed by atoms with E-state index in [2.05, 4.69) is 235 Å². The van der Waals surface area contributed by atoms with E-state index >= 15 is 0 Å². The fraction of sp³-hybridized carbons (Fsp3) is 0.0154. The van der Waals surface area contributed by atoms with Gasteiger partial charge in [0.15, 0.2) is 5.58 Å². The largest absolute Gasteiger partial charge is 0.457 e. The Morgan fingerprint density at radius 1 is 0.304 bits per heavy atom. The lowest BCUT2D eigenvalue weighted by Crippen LogP contribution is -2.36. The van der Waals surface area contributed by atoms with Crippen molar-refractivity contribution in [3.8, 4) is 56.4 Å². The molecule has 0 bridgehead atoms. The quantitative estimate of drug-likeness (QED) is 0.167. The average Bonchev–Trinajstić information content (AvgIpc) is 3.82. The highest BCUT2D eigenvalue weighted by atomic mass is 16.5. The Bertz CT molecular complexity index is 3900. The highest BCUT2D eigenvalue weighted by Crippen LogP contribution is 2.61. The Balaban J connectivity index is 0.901. The van der Waals surface area contributed by atoms with E-state index in [9.17, 15) is 0 Å². The van der Waals surface area contributed by atoms with Gasteiger partial charge in [0, 0.05) is 49.8 Å². The minimum Gasteiger partial charge on any atom is -0.457 e. The lowest BCUT2D eigenvalue weighted by molar-refractivity contribution is 0.399. The van der Waals surface area contributed by atoms with Crippen LogP contribution in [0.25, 0.3) is 66.1 Å². The second-order valence-corrected chi connectivity index (χ2v) is 17.9. The van der Waals surface area contributed by atoms with Crippen LogP contribution in [0.4, 0.5) is 17.1 Å². The summed E-state index contributed by atoms with van der Waals surface area (Å²) in [6, 6.07) is 88.2. The van der Waals surface area contributed by atoms with Crippen LogP contribution < -0.4 is 14.4 Å². The van der Waals surface area contributed by atoms with Crippen LogP contribution in [0.2, 0.25) is 0 Å². The van der Waals surface area contributed by atoms with Crippen molar-refractivity contribution in [2.45, 2.75) is 5.41 Å². The smallest absolute Gasteiger partial charge is 0.159 e. The van der Waals surface area contributed by atoms with Gasteiger partial charge >= 0.3 is 0 Å².